The third kappa shape index (κ3) is 6.28. The predicted molar refractivity (Wildman–Crippen MR) is 122 cm³/mol. The molecule has 1 saturated heterocycles. The first-order chi connectivity index (χ1) is 15.5. The molecule has 2 aromatic rings. The largest absolute Gasteiger partial charge is 0.380 e. The molecule has 0 spiro atoms. The fourth-order valence-electron chi connectivity index (χ4n) is 3.39. The monoisotopic (exact) mass is 460 g/mol. The number of para-hydroxylation sites is 1. The third-order valence-corrected chi connectivity index (χ3v) is 6.09. The minimum Gasteiger partial charge on any atom is -0.380 e. The van der Waals surface area contributed by atoms with Gasteiger partial charge in [0.05, 0.1) is 4.88 Å². The second kappa shape index (κ2) is 11.6. The second-order valence-corrected chi connectivity index (χ2v) is 8.36. The van der Waals surface area contributed by atoms with Crippen molar-refractivity contribution < 1.29 is 24.6 Å². The maximum absolute atomic E-state index is 12.5. The van der Waals surface area contributed by atoms with E-state index >= 15 is 0 Å². The lowest BCUT2D eigenvalue weighted by atomic mass is 10.1. The lowest BCUT2D eigenvalue weighted by Crippen LogP contribution is -2.55. The zero-order chi connectivity index (χ0) is 22.9. The minimum absolute atomic E-state index is 0.181. The van der Waals surface area contributed by atoms with E-state index in [4.69, 9.17) is 0 Å². The number of amides is 3. The van der Waals surface area contributed by atoms with Crippen LogP contribution in [0.4, 0.5) is 5.69 Å². The number of benzene rings is 1. The van der Waals surface area contributed by atoms with Crippen LogP contribution in [0.5, 0.6) is 0 Å². The lowest BCUT2D eigenvalue weighted by molar-refractivity contribution is -0.153. The molecule has 10 heteroatoms. The van der Waals surface area contributed by atoms with Crippen LogP contribution in [0, 0.1) is 0 Å². The van der Waals surface area contributed by atoms with Crippen molar-refractivity contribution >= 4 is 34.7 Å². The van der Waals surface area contributed by atoms with Gasteiger partial charge in [-0.15, -0.1) is 11.3 Å². The van der Waals surface area contributed by atoms with E-state index in [1.54, 1.807) is 12.1 Å². The molecule has 1 aliphatic heterocycles. The van der Waals surface area contributed by atoms with Gasteiger partial charge in [0.1, 0.15) is 0 Å². The van der Waals surface area contributed by atoms with Gasteiger partial charge in [0, 0.05) is 45.0 Å². The van der Waals surface area contributed by atoms with Gasteiger partial charge in [-0.1, -0.05) is 24.3 Å². The number of hydrogen-bond donors (Lipinski definition) is 4. The van der Waals surface area contributed by atoms with Crippen molar-refractivity contribution in [3.05, 3.63) is 52.7 Å². The molecule has 172 valence electrons. The van der Waals surface area contributed by atoms with Crippen LogP contribution in [-0.2, 0) is 9.59 Å². The van der Waals surface area contributed by atoms with Crippen molar-refractivity contribution in [1.82, 2.24) is 15.5 Å². The summed E-state index contributed by atoms with van der Waals surface area (Å²) in [6.07, 6.45) is -3.23. The van der Waals surface area contributed by atoms with Crippen LogP contribution < -0.4 is 15.5 Å². The SMILES string of the molecule is O=C(NCCCNC(=O)[C@H](O)[C@@H](O)C(=O)N1CCN(c2ccccc2)CC1)c1cccs1. The summed E-state index contributed by atoms with van der Waals surface area (Å²) in [7, 11) is 0. The Hall–Kier alpha value is -2.95. The number of hydrogen-bond acceptors (Lipinski definition) is 7. The molecule has 4 N–H and O–H groups in total. The molecule has 1 fully saturated rings. The Kier molecular flexibility index (Phi) is 8.60. The van der Waals surface area contributed by atoms with Gasteiger partial charge in [-0.25, -0.2) is 0 Å². The summed E-state index contributed by atoms with van der Waals surface area (Å²) in [6, 6.07) is 13.3. The molecule has 2 atom stereocenters. The van der Waals surface area contributed by atoms with Gasteiger partial charge >= 0.3 is 0 Å². The Morgan fingerprint density at radius 3 is 2.25 bits per heavy atom. The van der Waals surface area contributed by atoms with Gasteiger partial charge < -0.3 is 30.6 Å². The van der Waals surface area contributed by atoms with E-state index in [-0.39, 0.29) is 12.5 Å². The van der Waals surface area contributed by atoms with E-state index in [0.29, 0.717) is 44.0 Å². The smallest absolute Gasteiger partial charge is 0.261 e. The maximum Gasteiger partial charge on any atom is 0.261 e. The van der Waals surface area contributed by atoms with E-state index in [1.165, 1.54) is 16.2 Å². The summed E-state index contributed by atoms with van der Waals surface area (Å²) in [4.78, 5) is 40.7. The zero-order valence-corrected chi connectivity index (χ0v) is 18.5. The fourth-order valence-corrected chi connectivity index (χ4v) is 4.03. The van der Waals surface area contributed by atoms with Crippen LogP contribution in [0.3, 0.4) is 0 Å². The lowest BCUT2D eigenvalue weighted by Gasteiger charge is -2.37. The molecule has 1 aromatic heterocycles. The third-order valence-electron chi connectivity index (χ3n) is 5.22. The zero-order valence-electron chi connectivity index (χ0n) is 17.6. The first kappa shape index (κ1) is 23.7. The van der Waals surface area contributed by atoms with E-state index < -0.39 is 24.0 Å². The highest BCUT2D eigenvalue weighted by Crippen LogP contribution is 2.16. The number of nitrogens with one attached hydrogen (secondary N) is 2. The predicted octanol–water partition coefficient (Wildman–Crippen LogP) is 0.0548. The Morgan fingerprint density at radius 2 is 1.59 bits per heavy atom. The van der Waals surface area contributed by atoms with Crippen molar-refractivity contribution in [2.75, 3.05) is 44.2 Å². The van der Waals surface area contributed by atoms with Gasteiger partial charge in [-0.05, 0) is 30.0 Å². The number of nitrogens with zero attached hydrogens (tertiary/aromatic N) is 2. The molecule has 0 saturated carbocycles. The van der Waals surface area contributed by atoms with Gasteiger partial charge in [-0.2, -0.15) is 0 Å². The minimum atomic E-state index is -1.85. The quantitative estimate of drug-likeness (QED) is 0.393. The highest BCUT2D eigenvalue weighted by Gasteiger charge is 2.34. The Bertz CT molecular complexity index is 885. The van der Waals surface area contributed by atoms with Gasteiger partial charge in [0.15, 0.2) is 12.2 Å². The van der Waals surface area contributed by atoms with E-state index in [0.717, 1.165) is 5.69 Å². The molecule has 0 aliphatic carbocycles. The summed E-state index contributed by atoms with van der Waals surface area (Å²) in [5.74, 6) is -1.67. The molecule has 0 radical (unpaired) electrons. The number of anilines is 1. The average molecular weight is 461 g/mol. The maximum atomic E-state index is 12.5. The van der Waals surface area contributed by atoms with Crippen LogP contribution in [0.25, 0.3) is 0 Å². The molecule has 0 unspecified atom stereocenters. The van der Waals surface area contributed by atoms with Crippen LogP contribution in [0.15, 0.2) is 47.8 Å². The Balaban J connectivity index is 1.35. The molecule has 2 heterocycles. The van der Waals surface area contributed by atoms with Gasteiger partial charge in [0.25, 0.3) is 17.7 Å². The first-order valence-corrected chi connectivity index (χ1v) is 11.4. The highest BCUT2D eigenvalue weighted by molar-refractivity contribution is 7.12. The number of carbonyl (C=O) groups excluding carboxylic acids is 3. The first-order valence-electron chi connectivity index (χ1n) is 10.5. The summed E-state index contributed by atoms with van der Waals surface area (Å²) < 4.78 is 0. The summed E-state index contributed by atoms with van der Waals surface area (Å²) in [5, 5.41) is 27.3. The van der Waals surface area contributed by atoms with E-state index in [9.17, 15) is 24.6 Å². The molecule has 3 rings (SSSR count). The van der Waals surface area contributed by atoms with Crippen molar-refractivity contribution in [1.29, 1.82) is 0 Å². The van der Waals surface area contributed by atoms with Crippen molar-refractivity contribution in [3.8, 4) is 0 Å². The molecule has 9 nitrogen and oxygen atoms in total. The molecular weight excluding hydrogens is 432 g/mol. The van der Waals surface area contributed by atoms with Crippen LogP contribution >= 0.6 is 11.3 Å². The molecule has 1 aliphatic rings. The average Bonchev–Trinajstić information content (AvgIpc) is 3.38. The number of rotatable bonds is 9. The van der Waals surface area contributed by atoms with E-state index in [1.807, 2.05) is 35.7 Å². The molecule has 3 amide bonds. The fraction of sp³-hybridized carbons (Fsp3) is 0.409. The summed E-state index contributed by atoms with van der Waals surface area (Å²) in [5.41, 5.74) is 1.06. The number of carbonyl (C=O) groups is 3. The second-order valence-electron chi connectivity index (χ2n) is 7.42. The standard InChI is InChI=1S/C22H28N4O5S/c27-18(21(30)24-10-5-9-23-20(29)17-8-4-15-32-17)19(28)22(31)26-13-11-25(12-14-26)16-6-2-1-3-7-16/h1-4,6-8,15,18-19,27-28H,5,9-14H2,(H,23,29)(H,24,30)/t18-,19-/m1/s1. The summed E-state index contributed by atoms with van der Waals surface area (Å²) in [6.45, 7) is 2.52. The van der Waals surface area contributed by atoms with Crippen LogP contribution in [-0.4, -0.2) is 84.3 Å². The molecular formula is C22H28N4O5S. The van der Waals surface area contributed by atoms with Crippen molar-refractivity contribution in [2.45, 2.75) is 18.6 Å². The number of thiophene rings is 1. The Labute approximate surface area is 190 Å². The van der Waals surface area contributed by atoms with E-state index in [2.05, 4.69) is 15.5 Å². The molecule has 0 bridgehead atoms. The summed E-state index contributed by atoms with van der Waals surface area (Å²) >= 11 is 1.34. The highest BCUT2D eigenvalue weighted by atomic mass is 32.1. The van der Waals surface area contributed by atoms with Crippen molar-refractivity contribution in [2.24, 2.45) is 0 Å². The van der Waals surface area contributed by atoms with Crippen LogP contribution in [0.1, 0.15) is 16.1 Å². The normalized spacial score (nSPS) is 15.7. The van der Waals surface area contributed by atoms with Crippen LogP contribution in [0.2, 0.25) is 0 Å². The Morgan fingerprint density at radius 1 is 0.906 bits per heavy atom. The molecule has 32 heavy (non-hydrogen) atoms. The molecule has 1 aromatic carbocycles. The number of piperazine rings is 1. The number of aliphatic hydroxyl groups is 2. The van der Waals surface area contributed by atoms with Gasteiger partial charge in [-0.3, -0.25) is 14.4 Å². The van der Waals surface area contributed by atoms with Gasteiger partial charge in [0.2, 0.25) is 0 Å². The topological polar surface area (TPSA) is 122 Å². The number of aliphatic hydroxyl groups excluding tert-OH is 2. The van der Waals surface area contributed by atoms with Crippen molar-refractivity contribution in [3.63, 3.8) is 0 Å².